The molecule has 0 aliphatic carbocycles. The Morgan fingerprint density at radius 1 is 1.55 bits per heavy atom. The SMILES string of the molecule is CC(CN)C(=O)NCc1ccnc(OCC(F)(F)F)c1. The van der Waals surface area contributed by atoms with Crippen molar-refractivity contribution >= 4 is 5.91 Å². The van der Waals surface area contributed by atoms with Crippen molar-refractivity contribution in [3.63, 3.8) is 0 Å². The summed E-state index contributed by atoms with van der Waals surface area (Å²) in [6.07, 6.45) is -3.10. The highest BCUT2D eigenvalue weighted by Crippen LogP contribution is 2.17. The lowest BCUT2D eigenvalue weighted by Crippen LogP contribution is -2.32. The zero-order chi connectivity index (χ0) is 15.2. The minimum atomic E-state index is -4.41. The van der Waals surface area contributed by atoms with Crippen molar-refractivity contribution in [3.05, 3.63) is 23.9 Å². The van der Waals surface area contributed by atoms with Gasteiger partial charge in [-0.25, -0.2) is 4.98 Å². The molecule has 0 bridgehead atoms. The first-order valence-corrected chi connectivity index (χ1v) is 5.94. The molecule has 0 aliphatic heterocycles. The Hall–Kier alpha value is -1.83. The minimum absolute atomic E-state index is 0.138. The first-order valence-electron chi connectivity index (χ1n) is 5.94. The van der Waals surface area contributed by atoms with E-state index in [2.05, 4.69) is 15.0 Å². The molecule has 1 unspecified atom stereocenters. The zero-order valence-electron chi connectivity index (χ0n) is 10.9. The number of hydrogen-bond donors (Lipinski definition) is 2. The molecule has 3 N–H and O–H groups in total. The lowest BCUT2D eigenvalue weighted by atomic mass is 10.1. The van der Waals surface area contributed by atoms with Crippen molar-refractivity contribution in [2.45, 2.75) is 19.6 Å². The lowest BCUT2D eigenvalue weighted by Gasteiger charge is -2.11. The van der Waals surface area contributed by atoms with Crippen LogP contribution in [0.3, 0.4) is 0 Å². The molecule has 0 aromatic carbocycles. The number of carbonyl (C=O) groups is 1. The third-order valence-corrected chi connectivity index (χ3v) is 2.45. The van der Waals surface area contributed by atoms with Gasteiger partial charge in [0.15, 0.2) is 6.61 Å². The average molecular weight is 291 g/mol. The molecular weight excluding hydrogens is 275 g/mol. The largest absolute Gasteiger partial charge is 0.468 e. The second-order valence-electron chi connectivity index (χ2n) is 4.26. The second kappa shape index (κ2) is 7.09. The molecule has 1 heterocycles. The highest BCUT2D eigenvalue weighted by atomic mass is 19.4. The summed E-state index contributed by atoms with van der Waals surface area (Å²) in [5.74, 6) is -0.680. The Bertz CT molecular complexity index is 452. The zero-order valence-corrected chi connectivity index (χ0v) is 10.9. The predicted octanol–water partition coefficient (Wildman–Crippen LogP) is 1.23. The van der Waals surface area contributed by atoms with Crippen molar-refractivity contribution in [2.24, 2.45) is 11.7 Å². The van der Waals surface area contributed by atoms with Gasteiger partial charge in [0.1, 0.15) is 0 Å². The van der Waals surface area contributed by atoms with Gasteiger partial charge in [0.25, 0.3) is 0 Å². The Balaban J connectivity index is 2.53. The van der Waals surface area contributed by atoms with E-state index in [0.717, 1.165) is 0 Å². The van der Waals surface area contributed by atoms with E-state index in [1.165, 1.54) is 12.3 Å². The number of carbonyl (C=O) groups excluding carboxylic acids is 1. The molecule has 1 aromatic heterocycles. The van der Waals surface area contributed by atoms with Crippen molar-refractivity contribution in [3.8, 4) is 5.88 Å². The predicted molar refractivity (Wildman–Crippen MR) is 65.9 cm³/mol. The Labute approximate surface area is 114 Å². The number of ether oxygens (including phenoxy) is 1. The van der Waals surface area contributed by atoms with Crippen LogP contribution in [0, 0.1) is 5.92 Å². The van der Waals surface area contributed by atoms with Crippen molar-refractivity contribution < 1.29 is 22.7 Å². The fourth-order valence-corrected chi connectivity index (χ4v) is 1.27. The van der Waals surface area contributed by atoms with Crippen LogP contribution >= 0.6 is 0 Å². The molecule has 0 saturated carbocycles. The molecule has 0 fully saturated rings. The summed E-state index contributed by atoms with van der Waals surface area (Å²) in [6.45, 7) is 0.677. The maximum Gasteiger partial charge on any atom is 0.422 e. The molecule has 0 saturated heterocycles. The van der Waals surface area contributed by atoms with Gasteiger partial charge in [0.05, 0.1) is 0 Å². The van der Waals surface area contributed by atoms with Crippen molar-refractivity contribution in [1.82, 2.24) is 10.3 Å². The van der Waals surface area contributed by atoms with Gasteiger partial charge in [-0.2, -0.15) is 13.2 Å². The fraction of sp³-hybridized carbons (Fsp3) is 0.500. The van der Waals surface area contributed by atoms with Gasteiger partial charge in [-0.3, -0.25) is 4.79 Å². The average Bonchev–Trinajstić information content (AvgIpc) is 2.41. The number of rotatable bonds is 6. The van der Waals surface area contributed by atoms with Crippen LogP contribution in [-0.2, 0) is 11.3 Å². The number of pyridine rings is 1. The second-order valence-corrected chi connectivity index (χ2v) is 4.26. The first kappa shape index (κ1) is 16.2. The van der Waals surface area contributed by atoms with Crippen LogP contribution in [0.4, 0.5) is 13.2 Å². The number of nitrogens with two attached hydrogens (primary N) is 1. The number of halogens is 3. The van der Waals surface area contributed by atoms with E-state index in [1.807, 2.05) is 0 Å². The molecular formula is C12H16F3N3O2. The smallest absolute Gasteiger partial charge is 0.422 e. The summed E-state index contributed by atoms with van der Waals surface area (Å²) < 4.78 is 40.5. The number of nitrogens with one attached hydrogen (secondary N) is 1. The van der Waals surface area contributed by atoms with Gasteiger partial charge in [-0.05, 0) is 11.6 Å². The lowest BCUT2D eigenvalue weighted by molar-refractivity contribution is -0.154. The normalized spacial score (nSPS) is 12.8. The van der Waals surface area contributed by atoms with Crippen molar-refractivity contribution in [1.29, 1.82) is 0 Å². The number of amides is 1. The molecule has 0 radical (unpaired) electrons. The van der Waals surface area contributed by atoms with E-state index >= 15 is 0 Å². The van der Waals surface area contributed by atoms with E-state index in [1.54, 1.807) is 13.0 Å². The van der Waals surface area contributed by atoms with E-state index in [0.29, 0.717) is 5.56 Å². The van der Waals surface area contributed by atoms with Crippen LogP contribution in [0.1, 0.15) is 12.5 Å². The van der Waals surface area contributed by atoms with E-state index < -0.39 is 12.8 Å². The Morgan fingerprint density at radius 2 is 2.25 bits per heavy atom. The summed E-state index contributed by atoms with van der Waals surface area (Å²) in [4.78, 5) is 15.2. The van der Waals surface area contributed by atoms with Crippen LogP contribution in [0.5, 0.6) is 5.88 Å². The number of aromatic nitrogens is 1. The third-order valence-electron chi connectivity index (χ3n) is 2.45. The molecule has 112 valence electrons. The maximum absolute atomic E-state index is 12.0. The van der Waals surface area contributed by atoms with Crippen molar-refractivity contribution in [2.75, 3.05) is 13.2 Å². The fourth-order valence-electron chi connectivity index (χ4n) is 1.27. The summed E-state index contributed by atoms with van der Waals surface area (Å²) in [6, 6.07) is 2.92. The molecule has 5 nitrogen and oxygen atoms in total. The first-order chi connectivity index (χ1) is 9.31. The highest BCUT2D eigenvalue weighted by molar-refractivity contribution is 5.78. The summed E-state index contributed by atoms with van der Waals surface area (Å²) in [5.41, 5.74) is 5.94. The number of hydrogen-bond acceptors (Lipinski definition) is 4. The molecule has 1 amide bonds. The molecule has 0 aliphatic rings. The minimum Gasteiger partial charge on any atom is -0.468 e. The van der Waals surface area contributed by atoms with Crippen LogP contribution in [0.2, 0.25) is 0 Å². The van der Waals surface area contributed by atoms with Crippen LogP contribution in [0.15, 0.2) is 18.3 Å². The summed E-state index contributed by atoms with van der Waals surface area (Å²) in [5, 5.41) is 2.62. The van der Waals surface area contributed by atoms with Gasteiger partial charge >= 0.3 is 6.18 Å². The summed E-state index contributed by atoms with van der Waals surface area (Å²) in [7, 11) is 0. The van der Waals surface area contributed by atoms with Crippen LogP contribution in [0.25, 0.3) is 0 Å². The summed E-state index contributed by atoms with van der Waals surface area (Å²) >= 11 is 0. The Kier molecular flexibility index (Phi) is 5.75. The quantitative estimate of drug-likeness (QED) is 0.826. The Morgan fingerprint density at radius 3 is 2.85 bits per heavy atom. The van der Waals surface area contributed by atoms with Gasteiger partial charge in [-0.1, -0.05) is 6.92 Å². The van der Waals surface area contributed by atoms with E-state index in [4.69, 9.17) is 5.73 Å². The molecule has 1 rings (SSSR count). The highest BCUT2D eigenvalue weighted by Gasteiger charge is 2.28. The van der Waals surface area contributed by atoms with Gasteiger partial charge < -0.3 is 15.8 Å². The maximum atomic E-state index is 12.0. The van der Waals surface area contributed by atoms with E-state index in [9.17, 15) is 18.0 Å². The molecule has 1 atom stereocenters. The number of nitrogens with zero attached hydrogens (tertiary/aromatic N) is 1. The van der Waals surface area contributed by atoms with Crippen LogP contribution in [-0.4, -0.2) is 30.2 Å². The van der Waals surface area contributed by atoms with Gasteiger partial charge in [0, 0.05) is 31.3 Å². The third kappa shape index (κ3) is 5.87. The van der Waals surface area contributed by atoms with E-state index in [-0.39, 0.29) is 30.8 Å². The number of alkyl halides is 3. The van der Waals surface area contributed by atoms with Gasteiger partial charge in [0.2, 0.25) is 11.8 Å². The van der Waals surface area contributed by atoms with Crippen LogP contribution < -0.4 is 15.8 Å². The monoisotopic (exact) mass is 291 g/mol. The van der Waals surface area contributed by atoms with Gasteiger partial charge in [-0.15, -0.1) is 0 Å². The molecule has 20 heavy (non-hydrogen) atoms. The molecule has 8 heteroatoms. The topological polar surface area (TPSA) is 77.2 Å². The molecule has 1 aromatic rings. The molecule has 0 spiro atoms. The standard InChI is InChI=1S/C12H16F3N3O2/c1-8(5-16)11(19)18-6-9-2-3-17-10(4-9)20-7-12(13,14)15/h2-4,8H,5-7,16H2,1H3,(H,18,19).